The first kappa shape index (κ1) is 29.6. The first-order valence-corrected chi connectivity index (χ1v) is 15.8. The predicted octanol–water partition coefficient (Wildman–Crippen LogP) is 4.88. The van der Waals surface area contributed by atoms with Gasteiger partial charge in [0.05, 0.1) is 0 Å². The molecule has 9 heteroatoms. The second-order valence-corrected chi connectivity index (χ2v) is 12.8. The van der Waals surface area contributed by atoms with Gasteiger partial charge in [-0.1, -0.05) is 41.9 Å². The van der Waals surface area contributed by atoms with E-state index in [1.165, 1.54) is 0 Å². The highest BCUT2D eigenvalue weighted by molar-refractivity contribution is 6.31. The number of piperidine rings is 1. The van der Waals surface area contributed by atoms with Crippen molar-refractivity contribution in [3.05, 3.63) is 71.0 Å². The molecule has 2 aromatic carbocycles. The number of fused-ring (bicyclic) bond motifs is 2. The summed E-state index contributed by atoms with van der Waals surface area (Å²) >= 11 is 6.47. The van der Waals surface area contributed by atoms with Crippen LogP contribution < -0.4 is 4.90 Å². The zero-order valence-corrected chi connectivity index (χ0v) is 25.8. The molecular weight excluding hydrogens is 562 g/mol. The van der Waals surface area contributed by atoms with Crippen molar-refractivity contribution in [2.75, 3.05) is 57.3 Å². The maximum absolute atomic E-state index is 13.8. The van der Waals surface area contributed by atoms with Gasteiger partial charge in [-0.05, 0) is 73.7 Å². The summed E-state index contributed by atoms with van der Waals surface area (Å²) in [6.07, 6.45) is 3.95. The minimum Gasteiger partial charge on any atom is -0.343 e. The van der Waals surface area contributed by atoms with Gasteiger partial charge in [-0.15, -0.1) is 0 Å². The lowest BCUT2D eigenvalue weighted by atomic mass is 9.94. The van der Waals surface area contributed by atoms with Gasteiger partial charge in [-0.2, -0.15) is 0 Å². The molecular formula is C34H40ClN5O3. The number of pyridine rings is 1. The fraction of sp³-hybridized carbons (Fsp3) is 0.471. The molecule has 1 aromatic heterocycles. The number of amides is 3. The molecule has 0 bridgehead atoms. The quantitative estimate of drug-likeness (QED) is 0.386. The highest BCUT2D eigenvalue weighted by atomic mass is 35.5. The van der Waals surface area contributed by atoms with Gasteiger partial charge in [0.25, 0.3) is 5.91 Å². The van der Waals surface area contributed by atoms with E-state index in [-0.39, 0.29) is 23.6 Å². The van der Waals surface area contributed by atoms with E-state index in [9.17, 15) is 14.4 Å². The van der Waals surface area contributed by atoms with Crippen LogP contribution in [0, 0.1) is 24.7 Å². The Hall–Kier alpha value is -3.49. The molecule has 2 atom stereocenters. The number of anilines is 1. The van der Waals surface area contributed by atoms with E-state index >= 15 is 0 Å². The maximum Gasteiger partial charge on any atom is 0.273 e. The fourth-order valence-corrected chi connectivity index (χ4v) is 7.28. The number of hydrogen-bond donors (Lipinski definition) is 0. The second kappa shape index (κ2) is 12.6. The molecule has 3 amide bonds. The van der Waals surface area contributed by atoms with Crippen molar-refractivity contribution in [3.63, 3.8) is 0 Å². The lowest BCUT2D eigenvalue weighted by Gasteiger charge is -2.34. The van der Waals surface area contributed by atoms with Gasteiger partial charge in [0, 0.05) is 80.9 Å². The van der Waals surface area contributed by atoms with E-state index in [1.54, 1.807) is 13.1 Å². The van der Waals surface area contributed by atoms with E-state index in [2.05, 4.69) is 9.88 Å². The molecule has 3 aliphatic heterocycles. The number of nitrogens with zero attached hydrogens (tertiary/aromatic N) is 5. The van der Waals surface area contributed by atoms with Crippen LogP contribution in [0.15, 0.2) is 54.7 Å². The van der Waals surface area contributed by atoms with Crippen molar-refractivity contribution >= 4 is 45.8 Å². The van der Waals surface area contributed by atoms with Crippen LogP contribution in [0.1, 0.15) is 42.2 Å². The molecule has 226 valence electrons. The van der Waals surface area contributed by atoms with Gasteiger partial charge in [-0.25, -0.2) is 0 Å². The summed E-state index contributed by atoms with van der Waals surface area (Å²) in [4.78, 5) is 51.7. The molecule has 3 aliphatic rings. The van der Waals surface area contributed by atoms with Gasteiger partial charge in [0.1, 0.15) is 5.69 Å². The highest BCUT2D eigenvalue weighted by Gasteiger charge is 2.42. The third-order valence-corrected chi connectivity index (χ3v) is 10.0. The van der Waals surface area contributed by atoms with Crippen LogP contribution in [0.2, 0.25) is 5.02 Å². The van der Waals surface area contributed by atoms with Crippen LogP contribution >= 0.6 is 11.6 Å². The molecule has 3 saturated heterocycles. The Labute approximate surface area is 258 Å². The summed E-state index contributed by atoms with van der Waals surface area (Å²) in [7, 11) is 0. The zero-order valence-electron chi connectivity index (χ0n) is 25.0. The predicted molar refractivity (Wildman–Crippen MR) is 169 cm³/mol. The van der Waals surface area contributed by atoms with E-state index in [0.29, 0.717) is 55.0 Å². The summed E-state index contributed by atoms with van der Waals surface area (Å²) in [6.45, 7) is 9.78. The van der Waals surface area contributed by atoms with Gasteiger partial charge in [0.15, 0.2) is 0 Å². The molecule has 2 unspecified atom stereocenters. The Balaban J connectivity index is 1.05. The Morgan fingerprint density at radius 1 is 0.953 bits per heavy atom. The average Bonchev–Trinajstić information content (AvgIpc) is 3.59. The number of aromatic nitrogens is 1. The first-order chi connectivity index (χ1) is 20.8. The lowest BCUT2D eigenvalue weighted by molar-refractivity contribution is -0.133. The highest BCUT2D eigenvalue weighted by Crippen LogP contribution is 2.33. The number of benzene rings is 2. The van der Waals surface area contributed by atoms with Crippen molar-refractivity contribution in [1.82, 2.24) is 19.7 Å². The van der Waals surface area contributed by atoms with Gasteiger partial charge in [0.2, 0.25) is 11.8 Å². The third-order valence-electron chi connectivity index (χ3n) is 9.60. The molecule has 3 aromatic rings. The smallest absolute Gasteiger partial charge is 0.273 e. The zero-order chi connectivity index (χ0) is 30.1. The summed E-state index contributed by atoms with van der Waals surface area (Å²) in [5.74, 6) is 1.04. The van der Waals surface area contributed by atoms with Crippen LogP contribution in [0.4, 0.5) is 5.69 Å². The van der Waals surface area contributed by atoms with Gasteiger partial charge < -0.3 is 19.6 Å². The minimum absolute atomic E-state index is 0.0257. The van der Waals surface area contributed by atoms with Gasteiger partial charge in [-0.3, -0.25) is 19.4 Å². The van der Waals surface area contributed by atoms with Crippen molar-refractivity contribution < 1.29 is 14.4 Å². The number of hydrogen-bond acceptors (Lipinski definition) is 5. The minimum atomic E-state index is -0.0958. The van der Waals surface area contributed by atoms with E-state index < -0.39 is 0 Å². The molecule has 6 rings (SSSR count). The first-order valence-electron chi connectivity index (χ1n) is 15.5. The van der Waals surface area contributed by atoms with Crippen LogP contribution in [0.5, 0.6) is 0 Å². The number of likely N-dealkylation sites (tertiary alicyclic amines) is 3. The third kappa shape index (κ3) is 6.27. The largest absolute Gasteiger partial charge is 0.343 e. The average molecular weight is 602 g/mol. The maximum atomic E-state index is 13.8. The summed E-state index contributed by atoms with van der Waals surface area (Å²) in [6, 6.07) is 15.7. The molecule has 0 radical (unpaired) electrons. The van der Waals surface area contributed by atoms with Crippen LogP contribution in [0.3, 0.4) is 0 Å². The van der Waals surface area contributed by atoms with Crippen molar-refractivity contribution in [2.24, 2.45) is 17.8 Å². The number of halogens is 1. The van der Waals surface area contributed by atoms with Crippen LogP contribution in [-0.2, 0) is 9.59 Å². The Bertz CT molecular complexity index is 1500. The standard InChI is InChI=1S/C34H40ClN5O3/c1-23-8-9-29(18-31(23)35)40(33(42)26-11-16-38(17-12-26)24(2)41)15-5-14-37-19-27-21-39(22-28(27)20-37)34(43)32-30-7-4-3-6-25(30)10-13-36-32/h3-4,6-10,13,18,26-28H,5,11-12,14-17,19-22H2,1-2H3. The molecule has 43 heavy (non-hydrogen) atoms. The second-order valence-electron chi connectivity index (χ2n) is 12.4. The van der Waals surface area contributed by atoms with Crippen LogP contribution in [-0.4, -0.2) is 89.8 Å². The van der Waals surface area contributed by atoms with Crippen molar-refractivity contribution in [3.8, 4) is 0 Å². The number of rotatable bonds is 7. The normalized spacial score (nSPS) is 20.9. The van der Waals surface area contributed by atoms with Crippen LogP contribution in [0.25, 0.3) is 10.8 Å². The van der Waals surface area contributed by atoms with Gasteiger partial charge >= 0.3 is 0 Å². The van der Waals surface area contributed by atoms with Crippen molar-refractivity contribution in [1.29, 1.82) is 0 Å². The SMILES string of the molecule is CC(=O)N1CCC(C(=O)N(CCCN2CC3CN(C(=O)c4nccc5ccccc45)CC3C2)c2ccc(C)c(Cl)c2)CC1. The molecule has 0 N–H and O–H groups in total. The van der Waals surface area contributed by atoms with E-state index in [0.717, 1.165) is 61.2 Å². The molecule has 8 nitrogen and oxygen atoms in total. The number of carbonyl (C=O) groups is 3. The number of carbonyl (C=O) groups excluding carboxylic acids is 3. The fourth-order valence-electron chi connectivity index (χ4n) is 7.11. The topological polar surface area (TPSA) is 77.1 Å². The summed E-state index contributed by atoms with van der Waals surface area (Å²) < 4.78 is 0. The summed E-state index contributed by atoms with van der Waals surface area (Å²) in [5, 5.41) is 2.60. The Morgan fingerprint density at radius 3 is 2.37 bits per heavy atom. The Kier molecular flexibility index (Phi) is 8.68. The van der Waals surface area contributed by atoms with Crippen molar-refractivity contribution in [2.45, 2.75) is 33.1 Å². The Morgan fingerprint density at radius 2 is 1.67 bits per heavy atom. The molecule has 4 heterocycles. The molecule has 3 fully saturated rings. The van der Waals surface area contributed by atoms with E-state index in [4.69, 9.17) is 11.6 Å². The molecule has 0 spiro atoms. The summed E-state index contributed by atoms with van der Waals surface area (Å²) in [5.41, 5.74) is 2.37. The number of aryl methyl sites for hydroxylation is 1. The molecule has 0 aliphatic carbocycles. The monoisotopic (exact) mass is 601 g/mol. The lowest BCUT2D eigenvalue weighted by Crippen LogP contribution is -2.44. The van der Waals surface area contributed by atoms with E-state index in [1.807, 2.05) is 70.2 Å². The molecule has 0 saturated carbocycles.